The molecule has 0 bridgehead atoms. The smallest absolute Gasteiger partial charge is 0.243 e. The number of carbonyl (C=O) groups is 1. The van der Waals surface area contributed by atoms with E-state index in [1.807, 2.05) is 0 Å². The van der Waals surface area contributed by atoms with Gasteiger partial charge in [0.1, 0.15) is 17.1 Å². The number of aromatic nitrogens is 3. The minimum absolute atomic E-state index is 0.0453. The van der Waals surface area contributed by atoms with Crippen LogP contribution in [0.1, 0.15) is 37.1 Å². The minimum atomic E-state index is -3.75. The number of piperidine rings is 1. The maximum Gasteiger partial charge on any atom is 0.243 e. The van der Waals surface area contributed by atoms with Crippen LogP contribution >= 0.6 is 0 Å². The number of rotatable bonds is 5. The average Bonchev–Trinajstić information content (AvgIpc) is 3.54. The van der Waals surface area contributed by atoms with E-state index < -0.39 is 21.4 Å². The van der Waals surface area contributed by atoms with Crippen molar-refractivity contribution in [3.63, 3.8) is 0 Å². The van der Waals surface area contributed by atoms with Gasteiger partial charge in [0, 0.05) is 19.0 Å². The molecule has 9 nitrogen and oxygen atoms in total. The van der Waals surface area contributed by atoms with E-state index in [4.69, 9.17) is 4.74 Å². The molecule has 1 aromatic heterocycles. The second kappa shape index (κ2) is 7.64. The Balaban J connectivity index is 1.30. The number of benzene rings is 1. The molecule has 166 valence electrons. The summed E-state index contributed by atoms with van der Waals surface area (Å²) in [4.78, 5) is 12.0. The number of halogens is 1. The van der Waals surface area contributed by atoms with E-state index in [2.05, 4.69) is 15.6 Å². The summed E-state index contributed by atoms with van der Waals surface area (Å²) in [6, 6.07) is 4.86. The van der Waals surface area contributed by atoms with Crippen molar-refractivity contribution in [3.05, 3.63) is 41.5 Å². The Labute approximate surface area is 179 Å². The average molecular weight is 450 g/mol. The van der Waals surface area contributed by atoms with Crippen LogP contribution in [0.3, 0.4) is 0 Å². The molecule has 1 atom stereocenters. The van der Waals surface area contributed by atoms with E-state index >= 15 is 0 Å². The first-order valence-corrected chi connectivity index (χ1v) is 11.9. The van der Waals surface area contributed by atoms with Crippen molar-refractivity contribution in [3.8, 4) is 0 Å². The van der Waals surface area contributed by atoms with Crippen molar-refractivity contribution < 1.29 is 22.3 Å². The molecule has 2 fully saturated rings. The largest absolute Gasteiger partial charge is 0.365 e. The zero-order chi connectivity index (χ0) is 21.6. The summed E-state index contributed by atoms with van der Waals surface area (Å²) in [5.74, 6) is -0.307. The first-order valence-electron chi connectivity index (χ1n) is 10.4. The van der Waals surface area contributed by atoms with Crippen molar-refractivity contribution in [2.24, 2.45) is 5.92 Å². The third-order valence-electron chi connectivity index (χ3n) is 6.21. The maximum absolute atomic E-state index is 13.2. The summed E-state index contributed by atoms with van der Waals surface area (Å²) in [5.41, 5.74) is 0.788. The molecule has 2 aliphatic heterocycles. The summed E-state index contributed by atoms with van der Waals surface area (Å²) < 4.78 is 48.7. The van der Waals surface area contributed by atoms with Gasteiger partial charge in [-0.3, -0.25) is 4.79 Å². The van der Waals surface area contributed by atoms with E-state index in [9.17, 15) is 17.6 Å². The van der Waals surface area contributed by atoms with Crippen molar-refractivity contribution >= 4 is 15.9 Å². The van der Waals surface area contributed by atoms with Crippen molar-refractivity contribution in [1.29, 1.82) is 0 Å². The van der Waals surface area contributed by atoms with Gasteiger partial charge in [0.2, 0.25) is 15.9 Å². The molecule has 0 radical (unpaired) electrons. The van der Waals surface area contributed by atoms with Gasteiger partial charge < -0.3 is 10.1 Å². The van der Waals surface area contributed by atoms with Gasteiger partial charge >= 0.3 is 0 Å². The topological polar surface area (TPSA) is 106 Å². The molecule has 2 aromatic rings. The lowest BCUT2D eigenvalue weighted by atomic mass is 9.92. The molecule has 1 amide bonds. The number of ether oxygens (including phenoxy) is 1. The highest BCUT2D eigenvalue weighted by Gasteiger charge is 2.44. The number of fused-ring (bicyclic) bond motifs is 1. The predicted molar refractivity (Wildman–Crippen MR) is 107 cm³/mol. The molecule has 1 aromatic carbocycles. The summed E-state index contributed by atoms with van der Waals surface area (Å²) in [6.45, 7) is 1.53. The molecule has 3 heterocycles. The molecule has 1 saturated heterocycles. The highest BCUT2D eigenvalue weighted by Crippen LogP contribution is 2.35. The molecule has 1 unspecified atom stereocenters. The zero-order valence-electron chi connectivity index (χ0n) is 17.0. The number of hydrogen-bond donors (Lipinski definition) is 1. The molecule has 1 aliphatic carbocycles. The molecular weight excluding hydrogens is 425 g/mol. The van der Waals surface area contributed by atoms with Gasteiger partial charge in [-0.1, -0.05) is 5.21 Å². The SMILES string of the molecule is O=C(NCc1nnn2c1COC1(CCCN(S(=O)(=O)c3ccc(F)cc3)C1)C2)C1CC1. The van der Waals surface area contributed by atoms with Crippen LogP contribution in [0.2, 0.25) is 0 Å². The van der Waals surface area contributed by atoms with Gasteiger partial charge in [-0.15, -0.1) is 5.10 Å². The summed E-state index contributed by atoms with van der Waals surface area (Å²) in [7, 11) is -3.75. The molecule has 5 rings (SSSR count). The highest BCUT2D eigenvalue weighted by molar-refractivity contribution is 7.89. The predicted octanol–water partition coefficient (Wildman–Crippen LogP) is 1.20. The lowest BCUT2D eigenvalue weighted by molar-refractivity contribution is -0.122. The normalized spacial score (nSPS) is 24.2. The molecule has 3 aliphatic rings. The Hall–Kier alpha value is -2.37. The summed E-state index contributed by atoms with van der Waals surface area (Å²) in [5, 5.41) is 11.3. The van der Waals surface area contributed by atoms with Crippen LogP contribution < -0.4 is 5.32 Å². The highest BCUT2D eigenvalue weighted by atomic mass is 32.2. The third-order valence-corrected chi connectivity index (χ3v) is 8.06. The molecule has 11 heteroatoms. The van der Waals surface area contributed by atoms with Crippen LogP contribution in [-0.2, 0) is 39.3 Å². The fourth-order valence-electron chi connectivity index (χ4n) is 4.26. The van der Waals surface area contributed by atoms with Crippen LogP contribution in [-0.4, -0.2) is 52.3 Å². The number of nitrogens with one attached hydrogen (secondary N) is 1. The van der Waals surface area contributed by atoms with Crippen molar-refractivity contribution in [2.45, 2.75) is 55.9 Å². The fraction of sp³-hybridized carbons (Fsp3) is 0.550. The third kappa shape index (κ3) is 3.97. The second-order valence-corrected chi connectivity index (χ2v) is 10.4. The Morgan fingerprint density at radius 2 is 2.03 bits per heavy atom. The number of hydrogen-bond acceptors (Lipinski definition) is 6. The number of sulfonamides is 1. The Kier molecular flexibility index (Phi) is 5.06. The lowest BCUT2D eigenvalue weighted by Gasteiger charge is -2.44. The van der Waals surface area contributed by atoms with E-state index in [0.29, 0.717) is 38.2 Å². The first kappa shape index (κ1) is 20.5. The number of nitrogens with zero attached hydrogens (tertiary/aromatic N) is 4. The monoisotopic (exact) mass is 449 g/mol. The number of carbonyl (C=O) groups excluding carboxylic acids is 1. The van der Waals surface area contributed by atoms with E-state index in [1.165, 1.54) is 16.4 Å². The Bertz CT molecular complexity index is 1100. The van der Waals surface area contributed by atoms with Gasteiger partial charge in [0.25, 0.3) is 0 Å². The van der Waals surface area contributed by atoms with Gasteiger partial charge in [0.15, 0.2) is 0 Å². The van der Waals surface area contributed by atoms with E-state index in [-0.39, 0.29) is 29.9 Å². The fourth-order valence-corrected chi connectivity index (χ4v) is 5.81. The zero-order valence-corrected chi connectivity index (χ0v) is 17.8. The van der Waals surface area contributed by atoms with Crippen LogP contribution in [0.15, 0.2) is 29.2 Å². The van der Waals surface area contributed by atoms with Crippen LogP contribution in [0.4, 0.5) is 4.39 Å². The van der Waals surface area contributed by atoms with Gasteiger partial charge in [-0.05, 0) is 49.9 Å². The van der Waals surface area contributed by atoms with Crippen molar-refractivity contribution in [2.75, 3.05) is 13.1 Å². The lowest BCUT2D eigenvalue weighted by Crippen LogP contribution is -2.55. The molecular formula is C20H24FN5O4S. The maximum atomic E-state index is 13.2. The van der Waals surface area contributed by atoms with Crippen LogP contribution in [0.25, 0.3) is 0 Å². The second-order valence-electron chi connectivity index (χ2n) is 8.50. The summed E-state index contributed by atoms with van der Waals surface area (Å²) in [6.07, 6.45) is 3.23. The first-order chi connectivity index (χ1) is 14.9. The van der Waals surface area contributed by atoms with E-state index in [1.54, 1.807) is 4.68 Å². The minimum Gasteiger partial charge on any atom is -0.365 e. The Morgan fingerprint density at radius 3 is 2.77 bits per heavy atom. The molecule has 1 saturated carbocycles. The van der Waals surface area contributed by atoms with Gasteiger partial charge in [-0.2, -0.15) is 4.31 Å². The molecule has 31 heavy (non-hydrogen) atoms. The van der Waals surface area contributed by atoms with Crippen LogP contribution in [0, 0.1) is 11.7 Å². The number of amides is 1. The summed E-state index contributed by atoms with van der Waals surface area (Å²) >= 11 is 0. The Morgan fingerprint density at radius 1 is 1.26 bits per heavy atom. The molecule has 1 spiro atoms. The van der Waals surface area contributed by atoms with Gasteiger partial charge in [0.05, 0.1) is 30.3 Å². The van der Waals surface area contributed by atoms with Crippen LogP contribution in [0.5, 0.6) is 0 Å². The standard InChI is InChI=1S/C20H24FN5O4S/c21-15-4-6-16(7-5-15)31(28,29)25-9-1-8-20(12-25)13-26-18(11-30-20)17(23-24-26)10-22-19(27)14-2-3-14/h4-7,14H,1-3,8-13H2,(H,22,27). The quantitative estimate of drug-likeness (QED) is 0.735. The van der Waals surface area contributed by atoms with Gasteiger partial charge in [-0.25, -0.2) is 17.5 Å². The van der Waals surface area contributed by atoms with Crippen molar-refractivity contribution in [1.82, 2.24) is 24.6 Å². The molecule has 1 N–H and O–H groups in total. The van der Waals surface area contributed by atoms with E-state index in [0.717, 1.165) is 30.7 Å².